The van der Waals surface area contributed by atoms with Gasteiger partial charge in [-0.2, -0.15) is 0 Å². The molecular weight excluding hydrogens is 328 g/mol. The van der Waals surface area contributed by atoms with Crippen LogP contribution >= 0.6 is 0 Å². The Morgan fingerprint density at radius 2 is 1.85 bits per heavy atom. The van der Waals surface area contributed by atoms with Gasteiger partial charge < -0.3 is 15.0 Å². The monoisotopic (exact) mass is 354 g/mol. The van der Waals surface area contributed by atoms with Crippen molar-refractivity contribution in [1.29, 1.82) is 0 Å². The molecule has 0 heterocycles. The predicted molar refractivity (Wildman–Crippen MR) is 102 cm³/mol. The SMILES string of the molecule is CCC(C(=O)NC)N(Cc1cccc(C)c1)C(=O)COc1ccccc1. The zero-order valence-corrected chi connectivity index (χ0v) is 15.6. The molecule has 1 atom stereocenters. The molecule has 0 bridgehead atoms. The number of hydrogen-bond acceptors (Lipinski definition) is 3. The number of likely N-dealkylation sites (N-methyl/N-ethyl adjacent to an activating group) is 1. The normalized spacial score (nSPS) is 11.5. The fourth-order valence-electron chi connectivity index (χ4n) is 2.84. The van der Waals surface area contributed by atoms with E-state index in [0.717, 1.165) is 11.1 Å². The van der Waals surface area contributed by atoms with Crippen molar-refractivity contribution in [2.45, 2.75) is 32.9 Å². The standard InChI is InChI=1S/C21H26N2O3/c1-4-19(21(25)22-3)23(14-17-10-8-9-16(2)13-17)20(24)15-26-18-11-6-5-7-12-18/h5-13,19H,4,14-15H2,1-3H3,(H,22,25). The molecule has 1 N–H and O–H groups in total. The summed E-state index contributed by atoms with van der Waals surface area (Å²) in [5.41, 5.74) is 2.10. The van der Waals surface area contributed by atoms with E-state index in [4.69, 9.17) is 4.74 Å². The fraction of sp³-hybridized carbons (Fsp3) is 0.333. The summed E-state index contributed by atoms with van der Waals surface area (Å²) in [5, 5.41) is 2.65. The zero-order chi connectivity index (χ0) is 18.9. The van der Waals surface area contributed by atoms with Gasteiger partial charge in [-0.1, -0.05) is 55.0 Å². The molecular formula is C21H26N2O3. The second-order valence-electron chi connectivity index (χ2n) is 6.15. The molecule has 2 aromatic carbocycles. The maximum absolute atomic E-state index is 12.8. The number of aryl methyl sites for hydroxylation is 1. The average Bonchev–Trinajstić information content (AvgIpc) is 2.66. The molecule has 0 aromatic heterocycles. The number of nitrogens with zero attached hydrogens (tertiary/aromatic N) is 1. The van der Waals surface area contributed by atoms with E-state index in [1.807, 2.05) is 56.3 Å². The van der Waals surface area contributed by atoms with Crippen molar-refractivity contribution in [3.63, 3.8) is 0 Å². The second kappa shape index (κ2) is 9.61. The van der Waals surface area contributed by atoms with Gasteiger partial charge in [0.1, 0.15) is 11.8 Å². The molecule has 2 aromatic rings. The lowest BCUT2D eigenvalue weighted by molar-refractivity contribution is -0.142. The summed E-state index contributed by atoms with van der Waals surface area (Å²) < 4.78 is 5.60. The van der Waals surface area contributed by atoms with Crippen LogP contribution in [0.3, 0.4) is 0 Å². The van der Waals surface area contributed by atoms with Gasteiger partial charge in [0, 0.05) is 13.6 Å². The molecule has 1 unspecified atom stereocenters. The Hall–Kier alpha value is -2.82. The van der Waals surface area contributed by atoms with Crippen LogP contribution in [0.1, 0.15) is 24.5 Å². The van der Waals surface area contributed by atoms with Crippen molar-refractivity contribution in [1.82, 2.24) is 10.2 Å². The van der Waals surface area contributed by atoms with Crippen LogP contribution in [0.15, 0.2) is 54.6 Å². The fourth-order valence-corrected chi connectivity index (χ4v) is 2.84. The van der Waals surface area contributed by atoms with Gasteiger partial charge in [-0.05, 0) is 31.0 Å². The molecule has 26 heavy (non-hydrogen) atoms. The molecule has 0 spiro atoms. The van der Waals surface area contributed by atoms with E-state index in [1.54, 1.807) is 24.1 Å². The largest absolute Gasteiger partial charge is 0.484 e. The Balaban J connectivity index is 2.17. The summed E-state index contributed by atoms with van der Waals surface area (Å²) in [4.78, 5) is 26.7. The van der Waals surface area contributed by atoms with Gasteiger partial charge in [0.2, 0.25) is 5.91 Å². The molecule has 2 amide bonds. The van der Waals surface area contributed by atoms with Crippen molar-refractivity contribution in [2.75, 3.05) is 13.7 Å². The number of amides is 2. The Morgan fingerprint density at radius 1 is 1.12 bits per heavy atom. The van der Waals surface area contributed by atoms with E-state index in [1.165, 1.54) is 0 Å². The van der Waals surface area contributed by atoms with Crippen LogP contribution in [0, 0.1) is 6.92 Å². The number of carbonyl (C=O) groups excluding carboxylic acids is 2. The summed E-state index contributed by atoms with van der Waals surface area (Å²) in [6, 6.07) is 16.6. The predicted octanol–water partition coefficient (Wildman–Crippen LogP) is 2.93. The molecule has 0 fully saturated rings. The van der Waals surface area contributed by atoms with Crippen molar-refractivity contribution in [3.05, 3.63) is 65.7 Å². The molecule has 0 aliphatic rings. The number of para-hydroxylation sites is 1. The third-order valence-corrected chi connectivity index (χ3v) is 4.17. The molecule has 0 aliphatic carbocycles. The number of carbonyl (C=O) groups is 2. The smallest absolute Gasteiger partial charge is 0.261 e. The molecule has 0 saturated heterocycles. The van der Waals surface area contributed by atoms with Crippen LogP contribution in [-0.2, 0) is 16.1 Å². The van der Waals surface area contributed by atoms with Gasteiger partial charge in [0.05, 0.1) is 0 Å². The second-order valence-corrected chi connectivity index (χ2v) is 6.15. The number of rotatable bonds is 8. The molecule has 138 valence electrons. The summed E-state index contributed by atoms with van der Waals surface area (Å²) in [6.07, 6.45) is 0.530. The van der Waals surface area contributed by atoms with Gasteiger partial charge in [-0.15, -0.1) is 0 Å². The Bertz CT molecular complexity index is 731. The van der Waals surface area contributed by atoms with E-state index >= 15 is 0 Å². The maximum atomic E-state index is 12.8. The molecule has 2 rings (SSSR count). The van der Waals surface area contributed by atoms with Gasteiger partial charge in [0.25, 0.3) is 5.91 Å². The number of hydrogen-bond donors (Lipinski definition) is 1. The van der Waals surface area contributed by atoms with Crippen molar-refractivity contribution < 1.29 is 14.3 Å². The summed E-state index contributed by atoms with van der Waals surface area (Å²) in [6.45, 7) is 4.16. The van der Waals surface area contributed by atoms with Gasteiger partial charge >= 0.3 is 0 Å². The minimum Gasteiger partial charge on any atom is -0.484 e. The highest BCUT2D eigenvalue weighted by atomic mass is 16.5. The Kier molecular flexibility index (Phi) is 7.21. The van der Waals surface area contributed by atoms with Crippen LogP contribution in [-0.4, -0.2) is 36.4 Å². The summed E-state index contributed by atoms with van der Waals surface area (Å²) in [7, 11) is 1.58. The molecule has 5 heteroatoms. The van der Waals surface area contributed by atoms with Crippen LogP contribution in [0.4, 0.5) is 0 Å². The Morgan fingerprint density at radius 3 is 2.46 bits per heavy atom. The zero-order valence-electron chi connectivity index (χ0n) is 15.6. The van der Waals surface area contributed by atoms with Gasteiger partial charge in [-0.25, -0.2) is 0 Å². The average molecular weight is 354 g/mol. The minimum absolute atomic E-state index is 0.108. The van der Waals surface area contributed by atoms with E-state index in [9.17, 15) is 9.59 Å². The summed E-state index contributed by atoms with van der Waals surface area (Å²) in [5.74, 6) is 0.239. The highest BCUT2D eigenvalue weighted by Gasteiger charge is 2.28. The Labute approximate surface area is 155 Å². The highest BCUT2D eigenvalue weighted by molar-refractivity contribution is 5.88. The van der Waals surface area contributed by atoms with Crippen molar-refractivity contribution >= 4 is 11.8 Å². The third kappa shape index (κ3) is 5.34. The van der Waals surface area contributed by atoms with Crippen molar-refractivity contribution in [3.8, 4) is 5.75 Å². The topological polar surface area (TPSA) is 58.6 Å². The lowest BCUT2D eigenvalue weighted by Gasteiger charge is -2.30. The quantitative estimate of drug-likeness (QED) is 0.793. The van der Waals surface area contributed by atoms with E-state index in [2.05, 4.69) is 5.32 Å². The molecule has 0 saturated carbocycles. The first-order valence-corrected chi connectivity index (χ1v) is 8.79. The van der Waals surface area contributed by atoms with E-state index in [0.29, 0.717) is 18.7 Å². The minimum atomic E-state index is -0.535. The molecule has 5 nitrogen and oxygen atoms in total. The maximum Gasteiger partial charge on any atom is 0.261 e. The van der Waals surface area contributed by atoms with Crippen LogP contribution in [0.2, 0.25) is 0 Å². The molecule has 0 aliphatic heterocycles. The van der Waals surface area contributed by atoms with E-state index in [-0.39, 0.29) is 18.4 Å². The van der Waals surface area contributed by atoms with Crippen molar-refractivity contribution in [2.24, 2.45) is 0 Å². The van der Waals surface area contributed by atoms with Crippen LogP contribution in [0.25, 0.3) is 0 Å². The lowest BCUT2D eigenvalue weighted by Crippen LogP contribution is -2.49. The number of ether oxygens (including phenoxy) is 1. The lowest BCUT2D eigenvalue weighted by atomic mass is 10.1. The third-order valence-electron chi connectivity index (χ3n) is 4.17. The van der Waals surface area contributed by atoms with E-state index < -0.39 is 6.04 Å². The first-order valence-electron chi connectivity index (χ1n) is 8.79. The first kappa shape index (κ1) is 19.5. The van der Waals surface area contributed by atoms with Gasteiger partial charge in [0.15, 0.2) is 6.61 Å². The summed E-state index contributed by atoms with van der Waals surface area (Å²) >= 11 is 0. The molecule has 0 radical (unpaired) electrons. The highest BCUT2D eigenvalue weighted by Crippen LogP contribution is 2.15. The number of nitrogens with one attached hydrogen (secondary N) is 1. The van der Waals surface area contributed by atoms with Gasteiger partial charge in [-0.3, -0.25) is 9.59 Å². The van der Waals surface area contributed by atoms with Crippen LogP contribution in [0.5, 0.6) is 5.75 Å². The number of benzene rings is 2. The van der Waals surface area contributed by atoms with Crippen LogP contribution < -0.4 is 10.1 Å². The first-order chi connectivity index (χ1) is 12.5.